The van der Waals surface area contributed by atoms with Crippen molar-refractivity contribution in [3.05, 3.63) is 0 Å². The highest BCUT2D eigenvalue weighted by Crippen LogP contribution is 1.95. The van der Waals surface area contributed by atoms with Crippen molar-refractivity contribution in [1.29, 1.82) is 0 Å². The van der Waals surface area contributed by atoms with Crippen LogP contribution in [0.1, 0.15) is 6.92 Å². The first-order valence-corrected chi connectivity index (χ1v) is 5.46. The summed E-state index contributed by atoms with van der Waals surface area (Å²) in [5.74, 6) is 0.516. The summed E-state index contributed by atoms with van der Waals surface area (Å²) >= 11 is 0. The van der Waals surface area contributed by atoms with Crippen molar-refractivity contribution in [1.82, 2.24) is 15.5 Å². The molecule has 1 aliphatic heterocycles. The van der Waals surface area contributed by atoms with Gasteiger partial charge in [-0.2, -0.15) is 0 Å². The second-order valence-corrected chi connectivity index (χ2v) is 3.98. The molecule has 0 saturated carbocycles. The monoisotopic (exact) mass is 215 g/mol. The van der Waals surface area contributed by atoms with Gasteiger partial charge in [0, 0.05) is 39.9 Å². The summed E-state index contributed by atoms with van der Waals surface area (Å²) in [6.07, 6.45) is 0. The maximum absolute atomic E-state index is 11.2. The molecule has 5 heteroatoms. The molecule has 2 amide bonds. The summed E-state index contributed by atoms with van der Waals surface area (Å²) in [5, 5.41) is 6.09. The molecule has 1 atom stereocenters. The smallest absolute Gasteiger partial charge is 0.317 e. The van der Waals surface area contributed by atoms with Crippen LogP contribution in [0.25, 0.3) is 0 Å². The first kappa shape index (κ1) is 12.3. The Morgan fingerprint density at radius 1 is 1.67 bits per heavy atom. The van der Waals surface area contributed by atoms with Crippen molar-refractivity contribution in [2.75, 3.05) is 46.4 Å². The van der Waals surface area contributed by atoms with Gasteiger partial charge in [0.1, 0.15) is 0 Å². The Morgan fingerprint density at radius 3 is 3.07 bits per heavy atom. The fraction of sp³-hybridized carbons (Fsp3) is 0.900. The highest BCUT2D eigenvalue weighted by atomic mass is 16.5. The quantitative estimate of drug-likeness (QED) is 0.582. The molecule has 1 saturated heterocycles. The molecule has 88 valence electrons. The standard InChI is InChI=1S/C10H21N3O2/c1-9(8-15-2)7-11-3-5-13-6-4-12-10(13)14/h9,11H,3-8H2,1-2H3,(H,12,14). The maximum atomic E-state index is 11.2. The van der Waals surface area contributed by atoms with Crippen molar-refractivity contribution in [2.24, 2.45) is 5.92 Å². The molecule has 2 N–H and O–H groups in total. The fourth-order valence-corrected chi connectivity index (χ4v) is 1.63. The lowest BCUT2D eigenvalue weighted by Gasteiger charge is -2.16. The summed E-state index contributed by atoms with van der Waals surface area (Å²) in [6.45, 7) is 7.08. The van der Waals surface area contributed by atoms with E-state index in [1.165, 1.54) is 0 Å². The van der Waals surface area contributed by atoms with E-state index in [4.69, 9.17) is 4.74 Å². The van der Waals surface area contributed by atoms with E-state index in [2.05, 4.69) is 17.6 Å². The Morgan fingerprint density at radius 2 is 2.47 bits per heavy atom. The van der Waals surface area contributed by atoms with Crippen molar-refractivity contribution in [3.8, 4) is 0 Å². The zero-order valence-electron chi connectivity index (χ0n) is 9.58. The summed E-state index contributed by atoms with van der Waals surface area (Å²) in [7, 11) is 1.71. The lowest BCUT2D eigenvalue weighted by molar-refractivity contribution is 0.158. The molecule has 0 aromatic rings. The van der Waals surface area contributed by atoms with Gasteiger partial charge in [0.25, 0.3) is 0 Å². The van der Waals surface area contributed by atoms with Gasteiger partial charge in [0.2, 0.25) is 0 Å². The predicted octanol–water partition coefficient (Wildman–Crippen LogP) is -0.116. The van der Waals surface area contributed by atoms with E-state index in [9.17, 15) is 4.79 Å². The van der Waals surface area contributed by atoms with Crippen LogP contribution in [0.2, 0.25) is 0 Å². The lowest BCUT2D eigenvalue weighted by Crippen LogP contribution is -2.36. The molecular weight excluding hydrogens is 194 g/mol. The third-order valence-corrected chi connectivity index (χ3v) is 2.45. The van der Waals surface area contributed by atoms with Crippen molar-refractivity contribution in [3.63, 3.8) is 0 Å². The number of rotatable bonds is 7. The molecule has 0 aromatic carbocycles. The predicted molar refractivity (Wildman–Crippen MR) is 58.9 cm³/mol. The van der Waals surface area contributed by atoms with E-state index in [0.29, 0.717) is 5.92 Å². The number of nitrogens with zero attached hydrogens (tertiary/aromatic N) is 1. The first-order chi connectivity index (χ1) is 7.24. The van der Waals surface area contributed by atoms with E-state index in [1.54, 1.807) is 7.11 Å². The van der Waals surface area contributed by atoms with E-state index in [-0.39, 0.29) is 6.03 Å². The molecule has 1 heterocycles. The van der Waals surface area contributed by atoms with E-state index < -0.39 is 0 Å². The zero-order chi connectivity index (χ0) is 11.1. The van der Waals surface area contributed by atoms with Gasteiger partial charge in [-0.25, -0.2) is 4.79 Å². The van der Waals surface area contributed by atoms with Gasteiger partial charge >= 0.3 is 6.03 Å². The minimum Gasteiger partial charge on any atom is -0.384 e. The molecule has 1 unspecified atom stereocenters. The average molecular weight is 215 g/mol. The van der Waals surface area contributed by atoms with Crippen LogP contribution in [-0.4, -0.2) is 57.4 Å². The molecule has 0 bridgehead atoms. The van der Waals surface area contributed by atoms with Gasteiger partial charge in [-0.05, 0) is 12.5 Å². The van der Waals surface area contributed by atoms with Crippen LogP contribution in [0.5, 0.6) is 0 Å². The number of carbonyl (C=O) groups excluding carboxylic acids is 1. The molecule has 1 aliphatic rings. The highest BCUT2D eigenvalue weighted by molar-refractivity contribution is 5.76. The fourth-order valence-electron chi connectivity index (χ4n) is 1.63. The third-order valence-electron chi connectivity index (χ3n) is 2.45. The minimum absolute atomic E-state index is 0.0572. The van der Waals surface area contributed by atoms with Crippen LogP contribution in [0, 0.1) is 5.92 Å². The van der Waals surface area contributed by atoms with Crippen LogP contribution in [0.3, 0.4) is 0 Å². The number of hydrogen-bond acceptors (Lipinski definition) is 3. The van der Waals surface area contributed by atoms with Gasteiger partial charge in [-0.1, -0.05) is 6.92 Å². The number of carbonyl (C=O) groups is 1. The molecule has 1 rings (SSSR count). The van der Waals surface area contributed by atoms with E-state index in [1.807, 2.05) is 4.90 Å². The normalized spacial score (nSPS) is 18.0. The Labute approximate surface area is 91.2 Å². The Balaban J connectivity index is 1.99. The third kappa shape index (κ3) is 4.48. The number of ether oxygens (including phenoxy) is 1. The van der Waals surface area contributed by atoms with E-state index >= 15 is 0 Å². The molecule has 0 spiro atoms. The largest absolute Gasteiger partial charge is 0.384 e. The SMILES string of the molecule is COCC(C)CNCCN1CCNC1=O. The second-order valence-electron chi connectivity index (χ2n) is 3.98. The van der Waals surface area contributed by atoms with Crippen LogP contribution < -0.4 is 10.6 Å². The molecule has 15 heavy (non-hydrogen) atoms. The first-order valence-electron chi connectivity index (χ1n) is 5.46. The van der Waals surface area contributed by atoms with Crippen LogP contribution in [0.4, 0.5) is 4.79 Å². The summed E-state index contributed by atoms with van der Waals surface area (Å²) < 4.78 is 5.04. The van der Waals surface area contributed by atoms with Crippen LogP contribution in [-0.2, 0) is 4.74 Å². The average Bonchev–Trinajstić information content (AvgIpc) is 2.60. The molecular formula is C10H21N3O2. The summed E-state index contributed by atoms with van der Waals surface area (Å²) in [6, 6.07) is 0.0572. The number of methoxy groups -OCH3 is 1. The minimum atomic E-state index is 0.0572. The summed E-state index contributed by atoms with van der Waals surface area (Å²) in [5.41, 5.74) is 0. The van der Waals surface area contributed by atoms with Crippen molar-refractivity contribution >= 4 is 6.03 Å². The zero-order valence-corrected chi connectivity index (χ0v) is 9.58. The van der Waals surface area contributed by atoms with Crippen LogP contribution >= 0.6 is 0 Å². The Kier molecular flexibility index (Phi) is 5.42. The number of hydrogen-bond donors (Lipinski definition) is 2. The topological polar surface area (TPSA) is 53.6 Å². The number of amides is 2. The number of nitrogens with one attached hydrogen (secondary N) is 2. The van der Waals surface area contributed by atoms with Gasteiger partial charge in [0.05, 0.1) is 0 Å². The molecule has 0 aromatic heterocycles. The van der Waals surface area contributed by atoms with Gasteiger partial charge in [0.15, 0.2) is 0 Å². The Hall–Kier alpha value is -0.810. The van der Waals surface area contributed by atoms with Crippen molar-refractivity contribution in [2.45, 2.75) is 6.92 Å². The van der Waals surface area contributed by atoms with Gasteiger partial charge < -0.3 is 20.3 Å². The summed E-state index contributed by atoms with van der Waals surface area (Å²) in [4.78, 5) is 13.0. The number of urea groups is 1. The molecule has 0 aliphatic carbocycles. The Bertz CT molecular complexity index is 199. The lowest BCUT2D eigenvalue weighted by atomic mass is 10.2. The van der Waals surface area contributed by atoms with Crippen molar-refractivity contribution < 1.29 is 9.53 Å². The second kappa shape index (κ2) is 6.63. The molecule has 1 fully saturated rings. The van der Waals surface area contributed by atoms with Gasteiger partial charge in [-0.15, -0.1) is 0 Å². The van der Waals surface area contributed by atoms with Crippen LogP contribution in [0.15, 0.2) is 0 Å². The van der Waals surface area contributed by atoms with E-state index in [0.717, 1.165) is 39.3 Å². The highest BCUT2D eigenvalue weighted by Gasteiger charge is 2.18. The molecule has 5 nitrogen and oxygen atoms in total. The maximum Gasteiger partial charge on any atom is 0.317 e. The molecule has 0 radical (unpaired) electrons. The van der Waals surface area contributed by atoms with Gasteiger partial charge in [-0.3, -0.25) is 0 Å².